The fourth-order valence-corrected chi connectivity index (χ4v) is 2.76. The Morgan fingerprint density at radius 3 is 2.42 bits per heavy atom. The molecule has 0 saturated heterocycles. The number of ether oxygens (including phenoxy) is 1. The maximum atomic E-state index is 6.24. The van der Waals surface area contributed by atoms with Crippen molar-refractivity contribution in [1.82, 2.24) is 0 Å². The molecule has 2 aromatic rings. The molecule has 19 heavy (non-hydrogen) atoms. The van der Waals surface area contributed by atoms with Crippen LogP contribution in [0.3, 0.4) is 0 Å². The molecule has 3 rings (SSSR count). The lowest BCUT2D eigenvalue weighted by Gasteiger charge is -2.19. The lowest BCUT2D eigenvalue weighted by molar-refractivity contribution is 0.198. The van der Waals surface area contributed by atoms with Gasteiger partial charge in [-0.3, -0.25) is 0 Å². The first-order valence-electron chi connectivity index (χ1n) is 6.82. The van der Waals surface area contributed by atoms with Gasteiger partial charge in [-0.15, -0.1) is 0 Å². The molecule has 0 bridgehead atoms. The third kappa shape index (κ3) is 2.36. The first kappa shape index (κ1) is 12.2. The smallest absolute Gasteiger partial charge is 0.125 e. The van der Waals surface area contributed by atoms with Gasteiger partial charge < -0.3 is 10.5 Å². The Morgan fingerprint density at radius 2 is 1.63 bits per heavy atom. The summed E-state index contributed by atoms with van der Waals surface area (Å²) >= 11 is 0. The van der Waals surface area contributed by atoms with E-state index in [4.69, 9.17) is 10.5 Å². The van der Waals surface area contributed by atoms with Crippen molar-refractivity contribution in [3.8, 4) is 5.75 Å². The fraction of sp³-hybridized carbons (Fsp3) is 0.294. The fourth-order valence-electron chi connectivity index (χ4n) is 2.76. The summed E-state index contributed by atoms with van der Waals surface area (Å²) in [6.07, 6.45) is 2.02. The van der Waals surface area contributed by atoms with Crippen LogP contribution in [0, 0.1) is 6.92 Å². The van der Waals surface area contributed by atoms with E-state index in [1.54, 1.807) is 0 Å². The summed E-state index contributed by atoms with van der Waals surface area (Å²) in [5.41, 5.74) is 9.92. The van der Waals surface area contributed by atoms with Gasteiger partial charge in [0.15, 0.2) is 0 Å². The highest BCUT2D eigenvalue weighted by atomic mass is 16.5. The Hall–Kier alpha value is -1.80. The maximum Gasteiger partial charge on any atom is 0.125 e. The normalized spacial score (nSPS) is 22.2. The average molecular weight is 253 g/mol. The van der Waals surface area contributed by atoms with Gasteiger partial charge in [-0.25, -0.2) is 0 Å². The molecule has 2 unspecified atom stereocenters. The molecule has 0 amide bonds. The number of nitrogens with two attached hydrogens (primary N) is 1. The van der Waals surface area contributed by atoms with E-state index in [1.807, 2.05) is 18.2 Å². The summed E-state index contributed by atoms with van der Waals surface area (Å²) in [6.45, 7) is 2.13. The van der Waals surface area contributed by atoms with Gasteiger partial charge in [0.1, 0.15) is 11.9 Å². The Kier molecular flexibility index (Phi) is 3.26. The molecular weight excluding hydrogens is 234 g/mol. The van der Waals surface area contributed by atoms with Crippen LogP contribution in [-0.4, -0.2) is 0 Å². The van der Waals surface area contributed by atoms with E-state index >= 15 is 0 Å². The Bertz CT molecular complexity index is 579. The second kappa shape index (κ2) is 5.06. The molecule has 2 nitrogen and oxygen atoms in total. The van der Waals surface area contributed by atoms with Crippen LogP contribution < -0.4 is 10.5 Å². The predicted octanol–water partition coefficient (Wildman–Crippen LogP) is 3.91. The summed E-state index contributed by atoms with van der Waals surface area (Å²) in [5, 5.41) is 0. The van der Waals surface area contributed by atoms with E-state index in [2.05, 4.69) is 37.3 Å². The lowest BCUT2D eigenvalue weighted by Crippen LogP contribution is -2.09. The second-order valence-corrected chi connectivity index (χ2v) is 5.18. The zero-order valence-corrected chi connectivity index (χ0v) is 11.2. The predicted molar refractivity (Wildman–Crippen MR) is 77.2 cm³/mol. The molecule has 2 N–H and O–H groups in total. The standard InChI is InChI=1S/C17H19NO/c1-12-6-2-3-7-13(12)17-11-10-15(18)14-8-4-5-9-16(14)19-17/h2-9,15,17H,10-11,18H2,1H3. The first-order valence-corrected chi connectivity index (χ1v) is 6.82. The number of para-hydroxylation sites is 1. The summed E-state index contributed by atoms with van der Waals surface area (Å²) in [4.78, 5) is 0. The highest BCUT2D eigenvalue weighted by molar-refractivity contribution is 5.38. The Balaban J connectivity index is 1.97. The molecule has 0 aliphatic carbocycles. The molecule has 0 saturated carbocycles. The third-order valence-corrected chi connectivity index (χ3v) is 3.86. The quantitative estimate of drug-likeness (QED) is 0.836. The van der Waals surface area contributed by atoms with Crippen LogP contribution >= 0.6 is 0 Å². The van der Waals surface area contributed by atoms with Crippen molar-refractivity contribution in [1.29, 1.82) is 0 Å². The van der Waals surface area contributed by atoms with Crippen LogP contribution in [0.15, 0.2) is 48.5 Å². The van der Waals surface area contributed by atoms with Gasteiger partial charge in [0.05, 0.1) is 0 Å². The number of aryl methyl sites for hydroxylation is 1. The zero-order valence-electron chi connectivity index (χ0n) is 11.2. The van der Waals surface area contributed by atoms with Crippen molar-refractivity contribution < 1.29 is 4.74 Å². The lowest BCUT2D eigenvalue weighted by atomic mass is 9.97. The van der Waals surface area contributed by atoms with E-state index in [9.17, 15) is 0 Å². The Labute approximate surface area is 114 Å². The van der Waals surface area contributed by atoms with E-state index in [-0.39, 0.29) is 12.1 Å². The van der Waals surface area contributed by atoms with Crippen molar-refractivity contribution in [2.45, 2.75) is 31.9 Å². The van der Waals surface area contributed by atoms with Gasteiger partial charge in [-0.1, -0.05) is 42.5 Å². The molecule has 0 spiro atoms. The van der Waals surface area contributed by atoms with E-state index in [1.165, 1.54) is 11.1 Å². The van der Waals surface area contributed by atoms with Crippen molar-refractivity contribution in [3.63, 3.8) is 0 Å². The average Bonchev–Trinajstić information content (AvgIpc) is 2.60. The van der Waals surface area contributed by atoms with E-state index in [0.29, 0.717) is 0 Å². The molecule has 0 radical (unpaired) electrons. The summed E-state index contributed by atoms with van der Waals surface area (Å²) in [5.74, 6) is 0.931. The molecule has 1 aliphatic rings. The topological polar surface area (TPSA) is 35.2 Å². The highest BCUT2D eigenvalue weighted by Gasteiger charge is 2.24. The molecule has 98 valence electrons. The minimum absolute atomic E-state index is 0.0743. The van der Waals surface area contributed by atoms with Gasteiger partial charge in [0.25, 0.3) is 0 Å². The highest BCUT2D eigenvalue weighted by Crippen LogP contribution is 2.37. The monoisotopic (exact) mass is 253 g/mol. The van der Waals surface area contributed by atoms with Gasteiger partial charge >= 0.3 is 0 Å². The van der Waals surface area contributed by atoms with Crippen LogP contribution in [0.1, 0.15) is 41.7 Å². The van der Waals surface area contributed by atoms with Crippen molar-refractivity contribution in [2.24, 2.45) is 5.73 Å². The van der Waals surface area contributed by atoms with Crippen LogP contribution in [0.2, 0.25) is 0 Å². The van der Waals surface area contributed by atoms with Gasteiger partial charge in [0.2, 0.25) is 0 Å². The molecule has 0 fully saturated rings. The maximum absolute atomic E-state index is 6.24. The molecule has 2 aromatic carbocycles. The van der Waals surface area contributed by atoms with Gasteiger partial charge in [-0.2, -0.15) is 0 Å². The summed E-state index contributed by atoms with van der Waals surface area (Å²) in [6, 6.07) is 16.6. The van der Waals surface area contributed by atoms with E-state index in [0.717, 1.165) is 24.2 Å². The largest absolute Gasteiger partial charge is 0.485 e. The van der Waals surface area contributed by atoms with Crippen LogP contribution in [-0.2, 0) is 0 Å². The molecule has 1 aliphatic heterocycles. The number of benzene rings is 2. The molecule has 2 heteroatoms. The zero-order chi connectivity index (χ0) is 13.2. The second-order valence-electron chi connectivity index (χ2n) is 5.18. The third-order valence-electron chi connectivity index (χ3n) is 3.86. The molecule has 1 heterocycles. The number of hydrogen-bond acceptors (Lipinski definition) is 2. The minimum Gasteiger partial charge on any atom is -0.485 e. The molecule has 0 aromatic heterocycles. The van der Waals surface area contributed by atoms with Crippen molar-refractivity contribution >= 4 is 0 Å². The number of rotatable bonds is 1. The van der Waals surface area contributed by atoms with Crippen LogP contribution in [0.4, 0.5) is 0 Å². The number of hydrogen-bond donors (Lipinski definition) is 1. The van der Waals surface area contributed by atoms with Gasteiger partial charge in [-0.05, 0) is 37.0 Å². The number of fused-ring (bicyclic) bond motifs is 1. The first-order chi connectivity index (χ1) is 9.25. The van der Waals surface area contributed by atoms with Gasteiger partial charge in [0, 0.05) is 11.6 Å². The summed E-state index contributed by atoms with van der Waals surface area (Å²) in [7, 11) is 0. The summed E-state index contributed by atoms with van der Waals surface area (Å²) < 4.78 is 6.21. The Morgan fingerprint density at radius 1 is 0.947 bits per heavy atom. The minimum atomic E-state index is 0.0743. The molecular formula is C17H19NO. The molecule has 2 atom stereocenters. The SMILES string of the molecule is Cc1ccccc1C1CCC(N)c2ccccc2O1. The van der Waals surface area contributed by atoms with Crippen molar-refractivity contribution in [3.05, 3.63) is 65.2 Å². The van der Waals surface area contributed by atoms with Crippen LogP contribution in [0.25, 0.3) is 0 Å². The van der Waals surface area contributed by atoms with Crippen molar-refractivity contribution in [2.75, 3.05) is 0 Å². The van der Waals surface area contributed by atoms with E-state index < -0.39 is 0 Å². The van der Waals surface area contributed by atoms with Crippen LogP contribution in [0.5, 0.6) is 5.75 Å².